The van der Waals surface area contributed by atoms with Gasteiger partial charge in [-0.1, -0.05) is 24.3 Å². The Morgan fingerprint density at radius 2 is 1.74 bits per heavy atom. The van der Waals surface area contributed by atoms with Gasteiger partial charge in [0, 0.05) is 45.8 Å². The van der Waals surface area contributed by atoms with Gasteiger partial charge >= 0.3 is 5.91 Å². The molecule has 0 atom stereocenters. The summed E-state index contributed by atoms with van der Waals surface area (Å²) in [4.78, 5) is 12.6. The summed E-state index contributed by atoms with van der Waals surface area (Å²) in [6, 6.07) is 23.5. The fraction of sp³-hybridized carbons (Fsp3) is 0.161. The van der Waals surface area contributed by atoms with Crippen molar-refractivity contribution in [2.45, 2.75) is 33.9 Å². The van der Waals surface area contributed by atoms with E-state index in [0.717, 1.165) is 27.8 Å². The Kier molecular flexibility index (Phi) is 7.00. The number of amides is 1. The van der Waals surface area contributed by atoms with Gasteiger partial charge in [-0.2, -0.15) is 5.10 Å². The van der Waals surface area contributed by atoms with Gasteiger partial charge in [-0.05, 0) is 75.4 Å². The number of allylic oxidation sites excluding steroid dienone is 1. The normalized spacial score (nSPS) is 11.3. The summed E-state index contributed by atoms with van der Waals surface area (Å²) in [5.41, 5.74) is 9.09. The number of fused-ring (bicyclic) bond motifs is 1. The zero-order valence-electron chi connectivity index (χ0n) is 21.8. The Hall–Kier alpha value is -4.78. The minimum atomic E-state index is -0.429. The molecule has 1 N–H and O–H groups in total. The van der Waals surface area contributed by atoms with E-state index >= 15 is 0 Å². The number of carbonyl (C=O) groups is 1. The van der Waals surface area contributed by atoms with Crippen LogP contribution in [0.1, 0.15) is 39.0 Å². The van der Waals surface area contributed by atoms with Crippen molar-refractivity contribution in [2.75, 3.05) is 0 Å². The number of para-hydroxylation sites is 1. The SMILES string of the molecule is C=CCn1c(C)c(/C=N/NC(=O)c2ccc(COc3ccc(-n4c(C)ccc4C)cc3)o2)c2ccccc21. The lowest BCUT2D eigenvalue weighted by Crippen LogP contribution is -2.16. The minimum Gasteiger partial charge on any atom is -0.486 e. The van der Waals surface area contributed by atoms with E-state index in [1.54, 1.807) is 18.3 Å². The lowest BCUT2D eigenvalue weighted by Gasteiger charge is -2.10. The second-order valence-corrected chi connectivity index (χ2v) is 9.11. The minimum absolute atomic E-state index is 0.167. The first-order chi connectivity index (χ1) is 18.5. The molecule has 192 valence electrons. The van der Waals surface area contributed by atoms with Crippen LogP contribution in [0.25, 0.3) is 16.6 Å². The van der Waals surface area contributed by atoms with E-state index in [-0.39, 0.29) is 12.4 Å². The van der Waals surface area contributed by atoms with Gasteiger partial charge in [0.15, 0.2) is 5.76 Å². The zero-order valence-corrected chi connectivity index (χ0v) is 21.8. The van der Waals surface area contributed by atoms with Crippen LogP contribution < -0.4 is 10.2 Å². The van der Waals surface area contributed by atoms with E-state index in [2.05, 4.69) is 58.3 Å². The highest BCUT2D eigenvalue weighted by molar-refractivity contribution is 6.01. The number of carbonyl (C=O) groups excluding carboxylic acids is 1. The molecule has 0 aliphatic carbocycles. The van der Waals surface area contributed by atoms with Crippen molar-refractivity contribution in [1.29, 1.82) is 0 Å². The van der Waals surface area contributed by atoms with E-state index in [1.807, 2.05) is 55.5 Å². The summed E-state index contributed by atoms with van der Waals surface area (Å²) in [5.74, 6) is 1.00. The third kappa shape index (κ3) is 4.91. The molecular formula is C31H30N4O3. The van der Waals surface area contributed by atoms with Crippen molar-refractivity contribution in [3.63, 3.8) is 0 Å². The van der Waals surface area contributed by atoms with Crippen LogP contribution >= 0.6 is 0 Å². The number of hydrazone groups is 1. The summed E-state index contributed by atoms with van der Waals surface area (Å²) in [6.45, 7) is 10.9. The van der Waals surface area contributed by atoms with Gasteiger partial charge in [0.2, 0.25) is 0 Å². The van der Waals surface area contributed by atoms with Crippen LogP contribution in [0.4, 0.5) is 0 Å². The molecule has 7 nitrogen and oxygen atoms in total. The molecule has 0 unspecified atom stereocenters. The first kappa shape index (κ1) is 24.9. The third-order valence-electron chi connectivity index (χ3n) is 6.58. The number of ether oxygens (including phenoxy) is 1. The van der Waals surface area contributed by atoms with Gasteiger partial charge in [0.25, 0.3) is 0 Å². The Labute approximate surface area is 221 Å². The molecule has 0 radical (unpaired) electrons. The van der Waals surface area contributed by atoms with E-state index in [1.165, 1.54) is 11.4 Å². The van der Waals surface area contributed by atoms with Crippen LogP contribution in [0.5, 0.6) is 5.75 Å². The molecule has 0 fully saturated rings. The van der Waals surface area contributed by atoms with E-state index < -0.39 is 5.91 Å². The zero-order chi connectivity index (χ0) is 26.6. The number of furan rings is 1. The fourth-order valence-electron chi connectivity index (χ4n) is 4.69. The Morgan fingerprint density at radius 3 is 2.47 bits per heavy atom. The van der Waals surface area contributed by atoms with Crippen molar-refractivity contribution < 1.29 is 13.9 Å². The highest BCUT2D eigenvalue weighted by Crippen LogP contribution is 2.25. The molecular weight excluding hydrogens is 476 g/mol. The number of nitrogens with zero attached hydrogens (tertiary/aromatic N) is 3. The van der Waals surface area contributed by atoms with Gasteiger partial charge in [0.1, 0.15) is 18.1 Å². The van der Waals surface area contributed by atoms with Gasteiger partial charge in [-0.3, -0.25) is 4.79 Å². The van der Waals surface area contributed by atoms with Gasteiger partial charge < -0.3 is 18.3 Å². The van der Waals surface area contributed by atoms with Crippen LogP contribution in [0.15, 0.2) is 95.0 Å². The molecule has 0 aliphatic rings. The standard InChI is InChI=1S/C31H30N4O3/c1-5-18-34-23(4)28(27-8-6-7-9-29(27)34)19-32-33-31(36)30-17-16-26(38-30)20-37-25-14-12-24(13-15-25)35-21(2)10-11-22(35)3/h5-17,19H,1,18,20H2,2-4H3,(H,33,36)/b32-19+. The molecule has 0 aliphatic heterocycles. The number of nitrogens with one attached hydrogen (secondary N) is 1. The maximum atomic E-state index is 12.6. The molecule has 0 saturated heterocycles. The second kappa shape index (κ2) is 10.7. The number of aromatic nitrogens is 2. The topological polar surface area (TPSA) is 73.7 Å². The second-order valence-electron chi connectivity index (χ2n) is 9.11. The molecule has 5 aromatic rings. The lowest BCUT2D eigenvalue weighted by atomic mass is 10.1. The Bertz CT molecular complexity index is 1610. The monoisotopic (exact) mass is 506 g/mol. The molecule has 38 heavy (non-hydrogen) atoms. The maximum absolute atomic E-state index is 12.6. The predicted molar refractivity (Wildman–Crippen MR) is 150 cm³/mol. The van der Waals surface area contributed by atoms with Gasteiger partial charge in [-0.15, -0.1) is 6.58 Å². The molecule has 5 rings (SSSR count). The first-order valence-corrected chi connectivity index (χ1v) is 12.5. The van der Waals surface area contributed by atoms with Crippen molar-refractivity contribution in [1.82, 2.24) is 14.6 Å². The van der Waals surface area contributed by atoms with E-state index in [0.29, 0.717) is 18.1 Å². The first-order valence-electron chi connectivity index (χ1n) is 12.5. The number of aryl methyl sites for hydroxylation is 2. The summed E-state index contributed by atoms with van der Waals surface area (Å²) < 4.78 is 15.9. The van der Waals surface area contributed by atoms with Gasteiger partial charge in [0.05, 0.1) is 6.21 Å². The number of hydrogen-bond acceptors (Lipinski definition) is 4. The number of rotatable bonds is 9. The molecule has 7 heteroatoms. The van der Waals surface area contributed by atoms with Crippen LogP contribution in [0, 0.1) is 20.8 Å². The van der Waals surface area contributed by atoms with Crippen molar-refractivity contribution in [3.05, 3.63) is 120 Å². The highest BCUT2D eigenvalue weighted by atomic mass is 16.5. The molecule has 3 aromatic heterocycles. The largest absolute Gasteiger partial charge is 0.486 e. The highest BCUT2D eigenvalue weighted by Gasteiger charge is 2.13. The molecule has 0 spiro atoms. The van der Waals surface area contributed by atoms with E-state index in [9.17, 15) is 4.79 Å². The Morgan fingerprint density at radius 1 is 1.00 bits per heavy atom. The molecule has 2 aromatic carbocycles. The number of hydrogen-bond donors (Lipinski definition) is 1. The summed E-state index contributed by atoms with van der Waals surface area (Å²) >= 11 is 0. The third-order valence-corrected chi connectivity index (χ3v) is 6.58. The van der Waals surface area contributed by atoms with Gasteiger partial charge in [-0.25, -0.2) is 5.43 Å². The maximum Gasteiger partial charge on any atom is 0.307 e. The van der Waals surface area contributed by atoms with Crippen LogP contribution in [-0.2, 0) is 13.2 Å². The molecule has 0 saturated carbocycles. The van der Waals surface area contributed by atoms with Crippen molar-refractivity contribution in [2.24, 2.45) is 5.10 Å². The Balaban J connectivity index is 1.20. The van der Waals surface area contributed by atoms with Crippen LogP contribution in [0.3, 0.4) is 0 Å². The molecule has 0 bridgehead atoms. The summed E-state index contributed by atoms with van der Waals surface area (Å²) in [6.07, 6.45) is 3.53. The smallest absolute Gasteiger partial charge is 0.307 e. The number of benzene rings is 2. The fourth-order valence-corrected chi connectivity index (χ4v) is 4.69. The van der Waals surface area contributed by atoms with Crippen molar-refractivity contribution >= 4 is 23.0 Å². The summed E-state index contributed by atoms with van der Waals surface area (Å²) in [7, 11) is 0. The van der Waals surface area contributed by atoms with Crippen LogP contribution in [0.2, 0.25) is 0 Å². The van der Waals surface area contributed by atoms with Crippen LogP contribution in [-0.4, -0.2) is 21.3 Å². The predicted octanol–water partition coefficient (Wildman–Crippen LogP) is 6.48. The summed E-state index contributed by atoms with van der Waals surface area (Å²) in [5, 5.41) is 5.25. The molecule has 1 amide bonds. The quantitative estimate of drug-likeness (QED) is 0.141. The average molecular weight is 507 g/mol. The van der Waals surface area contributed by atoms with Crippen molar-refractivity contribution in [3.8, 4) is 11.4 Å². The van der Waals surface area contributed by atoms with E-state index in [4.69, 9.17) is 9.15 Å². The molecule has 3 heterocycles. The lowest BCUT2D eigenvalue weighted by molar-refractivity contribution is 0.0923. The average Bonchev–Trinajstić information content (AvgIpc) is 3.61.